The molecule has 0 aromatic carbocycles. The van der Waals surface area contributed by atoms with Crippen molar-refractivity contribution < 1.29 is 80.2 Å². The first kappa shape index (κ1) is 81.1. The average molecular weight is 1230 g/mol. The molecule has 0 radical (unpaired) electrons. The van der Waals surface area contributed by atoms with E-state index in [1.165, 1.54) is 135 Å². The first-order valence-corrected chi connectivity index (χ1v) is 36.6. The van der Waals surface area contributed by atoms with Gasteiger partial charge in [-0.05, 0) is 31.6 Å². The van der Waals surface area contributed by atoms with Crippen molar-refractivity contribution in [2.45, 2.75) is 342 Å². The van der Waals surface area contributed by atoms with Crippen molar-refractivity contribution in [1.29, 1.82) is 0 Å². The number of esters is 4. The summed E-state index contributed by atoms with van der Waals surface area (Å²) in [7, 11) is -9.87. The van der Waals surface area contributed by atoms with Crippen LogP contribution in [0.3, 0.4) is 0 Å². The average Bonchev–Trinajstić information content (AvgIpc) is 3.49. The van der Waals surface area contributed by atoms with Crippen molar-refractivity contribution in [3.63, 3.8) is 0 Å². The van der Waals surface area contributed by atoms with Gasteiger partial charge in [-0.25, -0.2) is 9.13 Å². The number of phosphoric ester groups is 2. The summed E-state index contributed by atoms with van der Waals surface area (Å²) in [5.41, 5.74) is 0. The number of ether oxygens (including phenoxy) is 4. The lowest BCUT2D eigenvalue weighted by Crippen LogP contribution is -2.30. The van der Waals surface area contributed by atoms with Crippen molar-refractivity contribution in [2.75, 3.05) is 39.6 Å². The molecule has 0 amide bonds. The maximum Gasteiger partial charge on any atom is 0.472 e. The molecular weight excluding hydrogens is 1100 g/mol. The summed E-state index contributed by atoms with van der Waals surface area (Å²) in [6, 6.07) is 0. The summed E-state index contributed by atoms with van der Waals surface area (Å²) < 4.78 is 67.7. The third kappa shape index (κ3) is 58.8. The SMILES string of the molecule is CCCCCCCCCCCCCCCCCCCCC(=O)O[C@H](COC(=O)CCCCCCCCCCCC(C)C)COP(=O)(O)OC[C@@H](O)COP(=O)(O)OC[C@@H](COC(=O)CCCCCCC)OC(=O)CCCCCCCCCC. The van der Waals surface area contributed by atoms with Crippen molar-refractivity contribution in [3.05, 3.63) is 0 Å². The number of rotatable bonds is 64. The molecular formula is C64H124O17P2. The molecule has 0 aliphatic carbocycles. The first-order chi connectivity index (χ1) is 40.0. The van der Waals surface area contributed by atoms with Crippen LogP contribution >= 0.6 is 15.6 Å². The summed E-state index contributed by atoms with van der Waals surface area (Å²) in [5, 5.41) is 10.5. The zero-order valence-corrected chi connectivity index (χ0v) is 55.1. The number of aliphatic hydroxyl groups is 1. The van der Waals surface area contributed by atoms with Crippen molar-refractivity contribution >= 4 is 39.5 Å². The Balaban J connectivity index is 5.13. The van der Waals surface area contributed by atoms with Crippen LogP contribution in [0.1, 0.15) is 324 Å². The second kappa shape index (κ2) is 57.8. The van der Waals surface area contributed by atoms with E-state index in [4.69, 9.17) is 37.0 Å². The van der Waals surface area contributed by atoms with Gasteiger partial charge in [0.2, 0.25) is 0 Å². The standard InChI is InChI=1S/C64H124O17P2/c1-6-9-12-15-17-19-20-21-22-23-24-25-26-27-30-35-40-45-50-64(69)81-60(54-75-62(67)48-43-38-34-31-28-29-32-37-41-46-57(4)5)56-79-83(72,73)77-52-58(65)51-76-82(70,71)78-55-59(53-74-61(66)47-42-36-14-11-8-3)80-63(68)49-44-39-33-18-16-13-10-7-2/h57-60,65H,6-56H2,1-5H3,(H,70,71)(H,72,73)/t58-,59+,60+/m0/s1. The smallest absolute Gasteiger partial charge is 0.462 e. The Morgan fingerprint density at radius 2 is 0.554 bits per heavy atom. The van der Waals surface area contributed by atoms with Gasteiger partial charge in [0, 0.05) is 25.7 Å². The van der Waals surface area contributed by atoms with Gasteiger partial charge >= 0.3 is 39.5 Å². The summed E-state index contributed by atoms with van der Waals surface area (Å²) in [6.07, 6.45) is 42.2. The lowest BCUT2D eigenvalue weighted by molar-refractivity contribution is -0.161. The maximum atomic E-state index is 13.0. The minimum atomic E-state index is -4.94. The van der Waals surface area contributed by atoms with Crippen LogP contribution < -0.4 is 0 Å². The molecule has 0 bridgehead atoms. The molecule has 0 aliphatic heterocycles. The number of carbonyl (C=O) groups is 4. The topological polar surface area (TPSA) is 237 Å². The van der Waals surface area contributed by atoms with Crippen molar-refractivity contribution in [1.82, 2.24) is 0 Å². The van der Waals surface area contributed by atoms with E-state index < -0.39 is 97.5 Å². The van der Waals surface area contributed by atoms with Gasteiger partial charge in [-0.15, -0.1) is 0 Å². The number of aliphatic hydroxyl groups excluding tert-OH is 1. The molecule has 0 saturated heterocycles. The minimum Gasteiger partial charge on any atom is -0.462 e. The summed E-state index contributed by atoms with van der Waals surface area (Å²) >= 11 is 0. The first-order valence-electron chi connectivity index (χ1n) is 33.6. The zero-order chi connectivity index (χ0) is 61.3. The van der Waals surface area contributed by atoms with E-state index in [9.17, 15) is 43.2 Å². The van der Waals surface area contributed by atoms with Crippen molar-refractivity contribution in [3.8, 4) is 0 Å². The highest BCUT2D eigenvalue weighted by Crippen LogP contribution is 2.45. The second-order valence-corrected chi connectivity index (χ2v) is 26.5. The summed E-state index contributed by atoms with van der Waals surface area (Å²) in [4.78, 5) is 71.9. The Morgan fingerprint density at radius 3 is 0.819 bits per heavy atom. The van der Waals surface area contributed by atoms with Crippen LogP contribution in [0.5, 0.6) is 0 Å². The number of unbranched alkanes of at least 4 members (excludes halogenated alkanes) is 36. The largest absolute Gasteiger partial charge is 0.472 e. The molecule has 17 nitrogen and oxygen atoms in total. The summed E-state index contributed by atoms with van der Waals surface area (Å²) in [6.45, 7) is 7.06. The van der Waals surface area contributed by atoms with Crippen LogP contribution in [0.4, 0.5) is 0 Å². The number of hydrogen-bond acceptors (Lipinski definition) is 15. The fourth-order valence-corrected chi connectivity index (χ4v) is 11.2. The number of phosphoric acid groups is 2. The minimum absolute atomic E-state index is 0.104. The molecule has 0 heterocycles. The molecule has 0 saturated carbocycles. The lowest BCUT2D eigenvalue weighted by atomic mass is 10.0. The molecule has 492 valence electrons. The molecule has 3 N–H and O–H groups in total. The fourth-order valence-electron chi connectivity index (χ4n) is 9.58. The van der Waals surface area contributed by atoms with E-state index in [2.05, 4.69) is 34.6 Å². The van der Waals surface area contributed by atoms with Crippen LogP contribution in [0.25, 0.3) is 0 Å². The van der Waals surface area contributed by atoms with Crippen LogP contribution in [0.2, 0.25) is 0 Å². The normalized spacial score (nSPS) is 14.2. The van der Waals surface area contributed by atoms with E-state index in [1.807, 2.05) is 0 Å². The molecule has 0 aromatic heterocycles. The van der Waals surface area contributed by atoms with Crippen LogP contribution in [-0.4, -0.2) is 96.7 Å². The molecule has 0 fully saturated rings. The highest BCUT2D eigenvalue weighted by Gasteiger charge is 2.30. The van der Waals surface area contributed by atoms with E-state index >= 15 is 0 Å². The highest BCUT2D eigenvalue weighted by atomic mass is 31.2. The number of carbonyl (C=O) groups excluding carboxylic acids is 4. The van der Waals surface area contributed by atoms with Gasteiger partial charge in [-0.3, -0.25) is 37.3 Å². The summed E-state index contributed by atoms with van der Waals surface area (Å²) in [5.74, 6) is -1.40. The van der Waals surface area contributed by atoms with Crippen LogP contribution in [0.15, 0.2) is 0 Å². The molecule has 0 aromatic rings. The Kier molecular flexibility index (Phi) is 56.4. The van der Waals surface area contributed by atoms with Gasteiger partial charge in [0.15, 0.2) is 12.2 Å². The fraction of sp³-hybridized carbons (Fsp3) is 0.938. The molecule has 0 spiro atoms. The molecule has 19 heteroatoms. The van der Waals surface area contributed by atoms with Gasteiger partial charge in [-0.2, -0.15) is 0 Å². The molecule has 0 aliphatic rings. The zero-order valence-electron chi connectivity index (χ0n) is 53.3. The Hall–Kier alpha value is -1.94. The predicted molar refractivity (Wildman–Crippen MR) is 331 cm³/mol. The molecule has 2 unspecified atom stereocenters. The number of hydrogen-bond donors (Lipinski definition) is 3. The molecule has 83 heavy (non-hydrogen) atoms. The third-order valence-corrected chi connectivity index (χ3v) is 16.7. The second-order valence-electron chi connectivity index (χ2n) is 23.6. The predicted octanol–water partition coefficient (Wildman–Crippen LogP) is 17.8. The van der Waals surface area contributed by atoms with Gasteiger partial charge in [0.05, 0.1) is 26.4 Å². The molecule has 0 rings (SSSR count). The van der Waals surface area contributed by atoms with Gasteiger partial charge < -0.3 is 33.8 Å². The van der Waals surface area contributed by atoms with E-state index in [0.29, 0.717) is 25.7 Å². The highest BCUT2D eigenvalue weighted by molar-refractivity contribution is 7.47. The van der Waals surface area contributed by atoms with Crippen LogP contribution in [-0.2, 0) is 65.4 Å². The van der Waals surface area contributed by atoms with Gasteiger partial charge in [-0.1, -0.05) is 272 Å². The van der Waals surface area contributed by atoms with Gasteiger partial charge in [0.1, 0.15) is 19.3 Å². The van der Waals surface area contributed by atoms with Crippen LogP contribution in [0, 0.1) is 5.92 Å². The maximum absolute atomic E-state index is 13.0. The Bertz CT molecular complexity index is 1620. The van der Waals surface area contributed by atoms with E-state index in [1.54, 1.807) is 0 Å². The monoisotopic (exact) mass is 1230 g/mol. The Morgan fingerprint density at radius 1 is 0.325 bits per heavy atom. The van der Waals surface area contributed by atoms with Crippen molar-refractivity contribution in [2.24, 2.45) is 5.92 Å². The van der Waals surface area contributed by atoms with E-state index in [0.717, 1.165) is 109 Å². The lowest BCUT2D eigenvalue weighted by Gasteiger charge is -2.21. The quantitative estimate of drug-likeness (QED) is 0.0222. The van der Waals surface area contributed by atoms with E-state index in [-0.39, 0.29) is 25.7 Å². The molecule has 5 atom stereocenters. The third-order valence-electron chi connectivity index (χ3n) is 14.8. The van der Waals surface area contributed by atoms with Gasteiger partial charge in [0.25, 0.3) is 0 Å². The Labute approximate surface area is 505 Å².